The van der Waals surface area contributed by atoms with Gasteiger partial charge in [-0.25, -0.2) is 0 Å². The lowest BCUT2D eigenvalue weighted by Gasteiger charge is -2.08. The van der Waals surface area contributed by atoms with Crippen LogP contribution in [0.3, 0.4) is 0 Å². The molecule has 1 heteroatoms. The lowest BCUT2D eigenvalue weighted by Crippen LogP contribution is -2.10. The zero-order chi connectivity index (χ0) is 10.4. The summed E-state index contributed by atoms with van der Waals surface area (Å²) in [4.78, 5) is 2.46. The molecule has 2 unspecified atom stereocenters. The predicted octanol–water partition coefficient (Wildman–Crippen LogP) is 3.83. The minimum Gasteiger partial charge on any atom is -0.298 e. The van der Waals surface area contributed by atoms with Gasteiger partial charge in [-0.05, 0) is 20.4 Å². The van der Waals surface area contributed by atoms with Crippen LogP contribution in [0.15, 0.2) is 0 Å². The molecule has 0 amide bonds. The van der Waals surface area contributed by atoms with E-state index >= 15 is 0 Å². The summed E-state index contributed by atoms with van der Waals surface area (Å²) in [6.45, 7) is 6.00. The number of rotatable bonds is 8. The fraction of sp³-hybridized carbons (Fsp3) is 1.00. The van der Waals surface area contributed by atoms with Gasteiger partial charge >= 0.3 is 0 Å². The molecule has 0 aromatic carbocycles. The molecule has 14 heavy (non-hydrogen) atoms. The van der Waals surface area contributed by atoms with Crippen LogP contribution in [0.5, 0.6) is 0 Å². The Kier molecular flexibility index (Phi) is 4.94. The third-order valence-electron chi connectivity index (χ3n) is 3.71. The van der Waals surface area contributed by atoms with Gasteiger partial charge in [-0.15, -0.1) is 0 Å². The maximum Gasteiger partial charge on any atom is 0.0306 e. The molecule has 1 rings (SSSR count). The van der Waals surface area contributed by atoms with Crippen molar-refractivity contribution >= 4 is 0 Å². The lowest BCUT2D eigenvalue weighted by atomic mass is 10.0. The summed E-state index contributed by atoms with van der Waals surface area (Å²) >= 11 is 0. The Hall–Kier alpha value is -0.0400. The monoisotopic (exact) mass is 197 g/mol. The lowest BCUT2D eigenvalue weighted by molar-refractivity contribution is 0.440. The van der Waals surface area contributed by atoms with E-state index in [1.165, 1.54) is 57.9 Å². The van der Waals surface area contributed by atoms with Crippen molar-refractivity contribution in [3.8, 4) is 0 Å². The molecule has 0 saturated carbocycles. The molecule has 1 aliphatic heterocycles. The first kappa shape index (κ1) is 12.0. The van der Waals surface area contributed by atoms with E-state index in [-0.39, 0.29) is 0 Å². The van der Waals surface area contributed by atoms with Crippen molar-refractivity contribution in [2.45, 2.75) is 70.8 Å². The number of nitrogens with zero attached hydrogens (tertiary/aromatic N) is 1. The van der Waals surface area contributed by atoms with Crippen molar-refractivity contribution in [1.29, 1.82) is 0 Å². The molecular formula is C13H27N. The Morgan fingerprint density at radius 3 is 2.00 bits per heavy atom. The Morgan fingerprint density at radius 1 is 1.00 bits per heavy atom. The van der Waals surface area contributed by atoms with Crippen molar-refractivity contribution in [2.24, 2.45) is 0 Å². The van der Waals surface area contributed by atoms with E-state index in [4.69, 9.17) is 0 Å². The van der Waals surface area contributed by atoms with E-state index in [2.05, 4.69) is 25.8 Å². The standard InChI is InChI=1S/C13H27N/c1-4-5-6-7-8-9-10-11-13(2)12-14(13)3/h4-12H2,1-3H3. The SMILES string of the molecule is CCCCCCCCCC1(C)CN1C. The van der Waals surface area contributed by atoms with Crippen LogP contribution >= 0.6 is 0 Å². The van der Waals surface area contributed by atoms with E-state index < -0.39 is 0 Å². The number of hydrogen-bond acceptors (Lipinski definition) is 1. The quantitative estimate of drug-likeness (QED) is 0.422. The van der Waals surface area contributed by atoms with Crippen molar-refractivity contribution in [3.05, 3.63) is 0 Å². The highest BCUT2D eigenvalue weighted by atomic mass is 15.3. The van der Waals surface area contributed by atoms with Gasteiger partial charge in [0.15, 0.2) is 0 Å². The van der Waals surface area contributed by atoms with E-state index in [9.17, 15) is 0 Å². The van der Waals surface area contributed by atoms with E-state index in [1.54, 1.807) is 0 Å². The molecule has 1 fully saturated rings. The molecular weight excluding hydrogens is 170 g/mol. The van der Waals surface area contributed by atoms with E-state index in [0.717, 1.165) is 0 Å². The second-order valence-electron chi connectivity index (χ2n) is 5.22. The largest absolute Gasteiger partial charge is 0.298 e. The number of hydrogen-bond donors (Lipinski definition) is 0. The molecule has 0 radical (unpaired) electrons. The molecule has 0 N–H and O–H groups in total. The maximum atomic E-state index is 2.46. The normalized spacial score (nSPS) is 30.6. The molecule has 1 saturated heterocycles. The van der Waals surface area contributed by atoms with Crippen LogP contribution in [0.1, 0.15) is 65.2 Å². The molecule has 1 aliphatic rings. The van der Waals surface area contributed by atoms with E-state index in [1.807, 2.05) is 0 Å². The Balaban J connectivity index is 1.81. The van der Waals surface area contributed by atoms with Crippen molar-refractivity contribution in [2.75, 3.05) is 13.6 Å². The number of unbranched alkanes of at least 4 members (excludes halogenated alkanes) is 6. The summed E-state index contributed by atoms with van der Waals surface area (Å²) in [7, 11) is 2.24. The topological polar surface area (TPSA) is 3.01 Å². The van der Waals surface area contributed by atoms with Gasteiger partial charge in [0.2, 0.25) is 0 Å². The minimum atomic E-state index is 0.587. The van der Waals surface area contributed by atoms with Crippen LogP contribution < -0.4 is 0 Å². The van der Waals surface area contributed by atoms with Crippen molar-refractivity contribution in [3.63, 3.8) is 0 Å². The summed E-state index contributed by atoms with van der Waals surface area (Å²) in [5.41, 5.74) is 0.587. The summed E-state index contributed by atoms with van der Waals surface area (Å²) in [6.07, 6.45) is 11.5. The minimum absolute atomic E-state index is 0.587. The van der Waals surface area contributed by atoms with Gasteiger partial charge < -0.3 is 0 Å². The fourth-order valence-corrected chi connectivity index (χ4v) is 2.21. The van der Waals surface area contributed by atoms with Gasteiger partial charge in [0.25, 0.3) is 0 Å². The second kappa shape index (κ2) is 5.75. The summed E-state index contributed by atoms with van der Waals surface area (Å²) < 4.78 is 0. The van der Waals surface area contributed by atoms with Crippen molar-refractivity contribution < 1.29 is 0 Å². The van der Waals surface area contributed by atoms with Gasteiger partial charge in [0.1, 0.15) is 0 Å². The summed E-state index contributed by atoms with van der Waals surface area (Å²) in [6, 6.07) is 0. The Morgan fingerprint density at radius 2 is 1.50 bits per heavy atom. The highest BCUT2D eigenvalue weighted by Crippen LogP contribution is 2.34. The smallest absolute Gasteiger partial charge is 0.0306 e. The third-order valence-corrected chi connectivity index (χ3v) is 3.71. The fourth-order valence-electron chi connectivity index (χ4n) is 2.21. The van der Waals surface area contributed by atoms with Crippen LogP contribution in [0, 0.1) is 0 Å². The van der Waals surface area contributed by atoms with Crippen LogP contribution in [0.4, 0.5) is 0 Å². The molecule has 0 bridgehead atoms. The first-order chi connectivity index (χ1) is 6.69. The highest BCUT2D eigenvalue weighted by Gasteiger charge is 2.43. The average Bonchev–Trinajstić information content (AvgIpc) is 2.73. The molecule has 0 aromatic rings. The van der Waals surface area contributed by atoms with Gasteiger partial charge in [0, 0.05) is 12.1 Å². The first-order valence-electron chi connectivity index (χ1n) is 6.40. The third kappa shape index (κ3) is 4.00. The molecule has 1 heterocycles. The van der Waals surface area contributed by atoms with Crippen LogP contribution in [0.25, 0.3) is 0 Å². The molecule has 0 aliphatic carbocycles. The van der Waals surface area contributed by atoms with Crippen LogP contribution in [-0.4, -0.2) is 24.0 Å². The van der Waals surface area contributed by atoms with E-state index in [0.29, 0.717) is 5.54 Å². The van der Waals surface area contributed by atoms with Crippen LogP contribution in [0.2, 0.25) is 0 Å². The zero-order valence-electron chi connectivity index (χ0n) is 10.3. The molecule has 2 atom stereocenters. The molecule has 84 valence electrons. The van der Waals surface area contributed by atoms with Gasteiger partial charge in [-0.2, -0.15) is 0 Å². The highest BCUT2D eigenvalue weighted by molar-refractivity contribution is 5.00. The molecule has 1 nitrogen and oxygen atoms in total. The Labute approximate surface area is 89.9 Å². The molecule has 0 spiro atoms. The first-order valence-corrected chi connectivity index (χ1v) is 6.40. The van der Waals surface area contributed by atoms with Crippen LogP contribution in [-0.2, 0) is 0 Å². The number of likely N-dealkylation sites (N-methyl/N-ethyl adjacent to an activating group) is 1. The second-order valence-corrected chi connectivity index (χ2v) is 5.22. The van der Waals surface area contributed by atoms with Crippen molar-refractivity contribution in [1.82, 2.24) is 4.90 Å². The van der Waals surface area contributed by atoms with Gasteiger partial charge in [-0.3, -0.25) is 4.90 Å². The van der Waals surface area contributed by atoms with Gasteiger partial charge in [-0.1, -0.05) is 51.9 Å². The Bertz CT molecular complexity index is 155. The summed E-state index contributed by atoms with van der Waals surface area (Å²) in [5, 5.41) is 0. The average molecular weight is 197 g/mol. The zero-order valence-corrected chi connectivity index (χ0v) is 10.3. The summed E-state index contributed by atoms with van der Waals surface area (Å²) in [5.74, 6) is 0. The predicted molar refractivity (Wildman–Crippen MR) is 63.6 cm³/mol. The van der Waals surface area contributed by atoms with Gasteiger partial charge in [0.05, 0.1) is 0 Å². The maximum absolute atomic E-state index is 2.46. The molecule has 0 aromatic heterocycles.